The first kappa shape index (κ1) is 18.0. The van der Waals surface area contributed by atoms with E-state index in [1.54, 1.807) is 10.9 Å². The summed E-state index contributed by atoms with van der Waals surface area (Å²) in [6, 6.07) is 16.0. The molecule has 2 heterocycles. The topological polar surface area (TPSA) is 34.9 Å². The number of halogens is 1. The number of nitrogens with zero attached hydrogens (tertiary/aromatic N) is 2. The fourth-order valence-electron chi connectivity index (χ4n) is 3.13. The van der Waals surface area contributed by atoms with Crippen LogP contribution in [-0.4, -0.2) is 9.55 Å². The van der Waals surface area contributed by atoms with Crippen molar-refractivity contribution in [3.05, 3.63) is 86.7 Å². The van der Waals surface area contributed by atoms with Crippen molar-refractivity contribution in [1.82, 2.24) is 9.55 Å². The van der Waals surface area contributed by atoms with Crippen LogP contribution in [0.5, 0.6) is 0 Å². The van der Waals surface area contributed by atoms with E-state index >= 15 is 0 Å². The number of benzene rings is 2. The molecule has 27 heavy (non-hydrogen) atoms. The van der Waals surface area contributed by atoms with Crippen LogP contribution in [0.3, 0.4) is 0 Å². The molecule has 0 N–H and O–H groups in total. The summed E-state index contributed by atoms with van der Waals surface area (Å²) in [5.41, 5.74) is 4.25. The van der Waals surface area contributed by atoms with Crippen molar-refractivity contribution in [2.45, 2.75) is 26.3 Å². The lowest BCUT2D eigenvalue weighted by Crippen LogP contribution is -2.21. The predicted molar refractivity (Wildman–Crippen MR) is 114 cm³/mol. The van der Waals surface area contributed by atoms with E-state index in [4.69, 9.17) is 11.6 Å². The van der Waals surface area contributed by atoms with Gasteiger partial charge in [0.15, 0.2) is 0 Å². The highest BCUT2D eigenvalue weighted by Gasteiger charge is 2.13. The Labute approximate surface area is 166 Å². The Kier molecular flexibility index (Phi) is 4.85. The van der Waals surface area contributed by atoms with Gasteiger partial charge >= 0.3 is 0 Å². The minimum absolute atomic E-state index is 0.0147. The number of hydrogen-bond acceptors (Lipinski definition) is 3. The largest absolute Gasteiger partial charge is 0.294 e. The summed E-state index contributed by atoms with van der Waals surface area (Å²) in [6.07, 6.45) is 1.64. The monoisotopic (exact) mass is 394 g/mol. The molecule has 2 aromatic heterocycles. The maximum Gasteiger partial charge on any atom is 0.263 e. The van der Waals surface area contributed by atoms with E-state index in [1.165, 1.54) is 16.9 Å². The van der Waals surface area contributed by atoms with Gasteiger partial charge in [0, 0.05) is 16.0 Å². The average molecular weight is 395 g/mol. The predicted octanol–water partition coefficient (Wildman–Crippen LogP) is 5.95. The van der Waals surface area contributed by atoms with E-state index in [9.17, 15) is 4.79 Å². The van der Waals surface area contributed by atoms with Crippen molar-refractivity contribution in [2.75, 3.05) is 0 Å². The first-order valence-corrected chi connectivity index (χ1v) is 10.1. The summed E-state index contributed by atoms with van der Waals surface area (Å²) >= 11 is 7.48. The van der Waals surface area contributed by atoms with E-state index < -0.39 is 0 Å². The second-order valence-electron chi connectivity index (χ2n) is 6.91. The molecule has 0 radical (unpaired) electrons. The zero-order valence-corrected chi connectivity index (χ0v) is 16.7. The van der Waals surface area contributed by atoms with Gasteiger partial charge in [-0.2, -0.15) is 0 Å². The Hall–Kier alpha value is -2.43. The molecule has 4 aromatic rings. The maximum atomic E-state index is 13.1. The molecule has 4 rings (SSSR count). The maximum absolute atomic E-state index is 13.1. The lowest BCUT2D eigenvalue weighted by atomic mass is 10.0. The summed E-state index contributed by atoms with van der Waals surface area (Å²) in [5.74, 6) is 0.493. The Morgan fingerprint density at radius 2 is 1.78 bits per heavy atom. The molecule has 0 spiro atoms. The molecule has 3 nitrogen and oxygen atoms in total. The Morgan fingerprint density at radius 3 is 2.44 bits per heavy atom. The molecule has 0 aliphatic heterocycles. The van der Waals surface area contributed by atoms with Crippen LogP contribution in [-0.2, 0) is 6.54 Å². The number of rotatable bonds is 4. The van der Waals surface area contributed by atoms with Crippen LogP contribution in [0.15, 0.2) is 65.0 Å². The summed E-state index contributed by atoms with van der Waals surface area (Å²) in [6.45, 7) is 4.86. The minimum atomic E-state index is -0.0147. The van der Waals surface area contributed by atoms with Crippen molar-refractivity contribution >= 4 is 33.2 Å². The summed E-state index contributed by atoms with van der Waals surface area (Å²) in [5, 5.41) is 3.34. The molecule has 0 fully saturated rings. The standard InChI is InChI=1S/C22H19ClN2OS/c1-14(2)16-5-3-15(4-6-16)11-25-13-24-21-20(22(25)26)19(12-27-21)17-7-9-18(23)10-8-17/h3-10,12-14H,11H2,1-2H3. The fourth-order valence-corrected chi connectivity index (χ4v) is 4.16. The average Bonchev–Trinajstić information content (AvgIpc) is 3.10. The van der Waals surface area contributed by atoms with Crippen molar-refractivity contribution < 1.29 is 0 Å². The zero-order valence-electron chi connectivity index (χ0n) is 15.1. The molecule has 5 heteroatoms. The molecule has 0 amide bonds. The van der Waals surface area contributed by atoms with Crippen LogP contribution >= 0.6 is 22.9 Å². The highest BCUT2D eigenvalue weighted by Crippen LogP contribution is 2.31. The van der Waals surface area contributed by atoms with Gasteiger partial charge in [0.1, 0.15) is 4.83 Å². The normalized spacial score (nSPS) is 11.4. The summed E-state index contributed by atoms with van der Waals surface area (Å²) < 4.78 is 1.68. The molecule has 0 saturated carbocycles. The second kappa shape index (κ2) is 7.29. The van der Waals surface area contributed by atoms with Crippen LogP contribution in [0.2, 0.25) is 5.02 Å². The van der Waals surface area contributed by atoms with Crippen LogP contribution in [0.1, 0.15) is 30.9 Å². The highest BCUT2D eigenvalue weighted by molar-refractivity contribution is 7.17. The molecule has 0 bridgehead atoms. The molecule has 0 aliphatic carbocycles. The van der Waals surface area contributed by atoms with E-state index in [0.717, 1.165) is 21.5 Å². The van der Waals surface area contributed by atoms with Gasteiger partial charge in [-0.3, -0.25) is 9.36 Å². The minimum Gasteiger partial charge on any atom is -0.294 e. The van der Waals surface area contributed by atoms with Gasteiger partial charge < -0.3 is 0 Å². The van der Waals surface area contributed by atoms with Crippen molar-refractivity contribution in [2.24, 2.45) is 0 Å². The molecule has 0 aliphatic rings. The van der Waals surface area contributed by atoms with Crippen LogP contribution in [0.4, 0.5) is 0 Å². The van der Waals surface area contributed by atoms with Crippen LogP contribution < -0.4 is 5.56 Å². The lowest BCUT2D eigenvalue weighted by molar-refractivity contribution is 0.748. The Morgan fingerprint density at radius 1 is 1.07 bits per heavy atom. The SMILES string of the molecule is CC(C)c1ccc(Cn2cnc3scc(-c4ccc(Cl)cc4)c3c2=O)cc1. The van der Waals surface area contributed by atoms with Crippen LogP contribution in [0.25, 0.3) is 21.3 Å². The zero-order chi connectivity index (χ0) is 19.0. The van der Waals surface area contributed by atoms with E-state index in [0.29, 0.717) is 22.9 Å². The lowest BCUT2D eigenvalue weighted by Gasteiger charge is -2.09. The van der Waals surface area contributed by atoms with E-state index in [1.807, 2.05) is 29.6 Å². The van der Waals surface area contributed by atoms with E-state index in [2.05, 4.69) is 43.1 Å². The third-order valence-corrected chi connectivity index (χ3v) is 5.85. The molecule has 0 unspecified atom stereocenters. The van der Waals surface area contributed by atoms with Gasteiger partial charge in [-0.05, 0) is 34.7 Å². The molecule has 136 valence electrons. The number of aromatic nitrogens is 2. The van der Waals surface area contributed by atoms with Gasteiger partial charge in [-0.15, -0.1) is 11.3 Å². The van der Waals surface area contributed by atoms with Crippen molar-refractivity contribution in [1.29, 1.82) is 0 Å². The molecular weight excluding hydrogens is 376 g/mol. The molecule has 0 atom stereocenters. The summed E-state index contributed by atoms with van der Waals surface area (Å²) in [4.78, 5) is 18.4. The quantitative estimate of drug-likeness (QED) is 0.428. The van der Waals surface area contributed by atoms with E-state index in [-0.39, 0.29) is 5.56 Å². The summed E-state index contributed by atoms with van der Waals surface area (Å²) in [7, 11) is 0. The number of hydrogen-bond donors (Lipinski definition) is 0. The first-order valence-electron chi connectivity index (χ1n) is 8.84. The van der Waals surface area contributed by atoms with Crippen LogP contribution in [0, 0.1) is 0 Å². The van der Waals surface area contributed by atoms with Gasteiger partial charge in [-0.1, -0.05) is 61.8 Å². The van der Waals surface area contributed by atoms with Gasteiger partial charge in [0.2, 0.25) is 0 Å². The first-order chi connectivity index (χ1) is 13.0. The smallest absolute Gasteiger partial charge is 0.263 e. The third-order valence-electron chi connectivity index (χ3n) is 4.72. The molecule has 2 aromatic carbocycles. The Balaban J connectivity index is 1.74. The van der Waals surface area contributed by atoms with Gasteiger partial charge in [-0.25, -0.2) is 4.98 Å². The number of fused-ring (bicyclic) bond motifs is 1. The van der Waals surface area contributed by atoms with Crippen molar-refractivity contribution in [3.8, 4) is 11.1 Å². The second-order valence-corrected chi connectivity index (χ2v) is 8.20. The van der Waals surface area contributed by atoms with Gasteiger partial charge in [0.05, 0.1) is 18.3 Å². The fraction of sp³-hybridized carbons (Fsp3) is 0.182. The highest BCUT2D eigenvalue weighted by atomic mass is 35.5. The number of thiophene rings is 1. The van der Waals surface area contributed by atoms with Gasteiger partial charge in [0.25, 0.3) is 5.56 Å². The third kappa shape index (κ3) is 3.55. The Bertz CT molecular complexity index is 1140. The molecular formula is C22H19ClN2OS. The molecule has 0 saturated heterocycles. The van der Waals surface area contributed by atoms with Crippen molar-refractivity contribution in [3.63, 3.8) is 0 Å².